The van der Waals surface area contributed by atoms with E-state index in [1.165, 1.54) is 0 Å². The van der Waals surface area contributed by atoms with Gasteiger partial charge in [0.05, 0.1) is 18.4 Å². The Kier molecular flexibility index (Phi) is 12.3. The summed E-state index contributed by atoms with van der Waals surface area (Å²) in [5, 5.41) is 12.6. The van der Waals surface area contributed by atoms with Crippen LogP contribution in [0.1, 0.15) is 50.7 Å². The van der Waals surface area contributed by atoms with E-state index in [4.69, 9.17) is 4.74 Å². The molecule has 0 saturated heterocycles. The molecule has 0 aliphatic carbocycles. The van der Waals surface area contributed by atoms with Crippen LogP contribution in [-0.2, 0) is 36.8 Å². The van der Waals surface area contributed by atoms with Crippen LogP contribution in [0.3, 0.4) is 0 Å². The standard InChI is InChI=1S/C34H39NO6/c1-3-41-34(40)24(2)20-30(22-26-14-16-28(17-15-26)27-12-8-5-9-13-27)35-32(37)19-18-31(36)23-29(33(38)39)21-25-10-6-4-7-11-25/h4-17,24,29-30H,3,18-23H2,1-2H3,(H,35,37)(H,38,39)/t24-,29-,30+/m1/s1. The molecule has 0 radical (unpaired) electrons. The molecule has 7 nitrogen and oxygen atoms in total. The minimum absolute atomic E-state index is 0.0453. The number of ether oxygens (including phenoxy) is 1. The van der Waals surface area contributed by atoms with Gasteiger partial charge in [-0.1, -0.05) is 91.9 Å². The molecule has 0 heterocycles. The number of nitrogens with one attached hydrogen (secondary N) is 1. The average Bonchev–Trinajstić information content (AvgIpc) is 2.97. The van der Waals surface area contributed by atoms with Crippen molar-refractivity contribution >= 4 is 23.6 Å². The van der Waals surface area contributed by atoms with E-state index in [-0.39, 0.29) is 56.0 Å². The fourth-order valence-corrected chi connectivity index (χ4v) is 4.82. The highest BCUT2D eigenvalue weighted by molar-refractivity contribution is 5.87. The first-order valence-corrected chi connectivity index (χ1v) is 14.1. The third kappa shape index (κ3) is 10.7. The number of carboxylic acid groups (broad SMARTS) is 1. The number of aliphatic carboxylic acids is 1. The molecular weight excluding hydrogens is 518 g/mol. The fraction of sp³-hybridized carbons (Fsp3) is 0.353. The number of amides is 1. The van der Waals surface area contributed by atoms with Gasteiger partial charge in [0.1, 0.15) is 5.78 Å². The molecule has 3 atom stereocenters. The van der Waals surface area contributed by atoms with Gasteiger partial charge < -0.3 is 15.2 Å². The monoisotopic (exact) mass is 557 g/mol. The van der Waals surface area contributed by atoms with E-state index >= 15 is 0 Å². The van der Waals surface area contributed by atoms with Gasteiger partial charge in [-0.3, -0.25) is 19.2 Å². The molecule has 3 aromatic rings. The lowest BCUT2D eigenvalue weighted by Gasteiger charge is -2.22. The SMILES string of the molecule is CCOC(=O)[C@H](C)C[C@@H](Cc1ccc(-c2ccccc2)cc1)NC(=O)CCC(=O)C[C@@H](Cc1ccccc1)C(=O)O. The molecule has 0 aromatic heterocycles. The maximum Gasteiger partial charge on any atom is 0.308 e. The van der Waals surface area contributed by atoms with E-state index in [0.717, 1.165) is 22.3 Å². The molecule has 41 heavy (non-hydrogen) atoms. The van der Waals surface area contributed by atoms with Gasteiger partial charge in [-0.05, 0) is 48.4 Å². The number of carboxylic acids is 1. The van der Waals surface area contributed by atoms with Crippen molar-refractivity contribution in [2.75, 3.05) is 6.61 Å². The Morgan fingerprint density at radius 3 is 1.98 bits per heavy atom. The van der Waals surface area contributed by atoms with Gasteiger partial charge in [-0.15, -0.1) is 0 Å². The second kappa shape index (κ2) is 16.1. The number of hydrogen-bond acceptors (Lipinski definition) is 5. The van der Waals surface area contributed by atoms with Crippen molar-refractivity contribution in [3.63, 3.8) is 0 Å². The Morgan fingerprint density at radius 2 is 1.37 bits per heavy atom. The van der Waals surface area contributed by atoms with Crippen LogP contribution < -0.4 is 5.32 Å². The van der Waals surface area contributed by atoms with Crippen LogP contribution in [0.2, 0.25) is 0 Å². The molecule has 0 saturated carbocycles. The van der Waals surface area contributed by atoms with Gasteiger partial charge in [0.25, 0.3) is 0 Å². The van der Waals surface area contributed by atoms with E-state index in [2.05, 4.69) is 5.32 Å². The first kappa shape index (κ1) is 31.3. The lowest BCUT2D eigenvalue weighted by molar-refractivity contribution is -0.148. The number of benzene rings is 3. The molecule has 1 amide bonds. The minimum Gasteiger partial charge on any atom is -0.481 e. The quantitative estimate of drug-likeness (QED) is 0.220. The van der Waals surface area contributed by atoms with Crippen molar-refractivity contribution in [3.8, 4) is 11.1 Å². The summed E-state index contributed by atoms with van der Waals surface area (Å²) >= 11 is 0. The molecule has 0 bridgehead atoms. The Morgan fingerprint density at radius 1 is 0.780 bits per heavy atom. The molecule has 0 unspecified atom stereocenters. The zero-order chi connectivity index (χ0) is 29.6. The van der Waals surface area contributed by atoms with Crippen LogP contribution in [0.5, 0.6) is 0 Å². The Bertz CT molecular complexity index is 1270. The summed E-state index contributed by atoms with van der Waals surface area (Å²) in [6.07, 6.45) is 0.928. The Labute approximate surface area is 241 Å². The molecule has 0 aliphatic rings. The fourth-order valence-electron chi connectivity index (χ4n) is 4.82. The van der Waals surface area contributed by atoms with Crippen LogP contribution in [0.4, 0.5) is 0 Å². The van der Waals surface area contributed by atoms with Gasteiger partial charge in [-0.25, -0.2) is 0 Å². The Balaban J connectivity index is 1.59. The zero-order valence-electron chi connectivity index (χ0n) is 23.8. The molecule has 0 spiro atoms. The number of carbonyl (C=O) groups is 4. The van der Waals surface area contributed by atoms with E-state index in [1.807, 2.05) is 84.9 Å². The molecule has 216 valence electrons. The van der Waals surface area contributed by atoms with E-state index in [0.29, 0.717) is 12.8 Å². The maximum absolute atomic E-state index is 12.9. The third-order valence-corrected chi connectivity index (χ3v) is 7.01. The first-order valence-electron chi connectivity index (χ1n) is 14.1. The summed E-state index contributed by atoms with van der Waals surface area (Å²) in [7, 11) is 0. The number of carbonyl (C=O) groups excluding carboxylic acids is 3. The van der Waals surface area contributed by atoms with Gasteiger partial charge in [-0.2, -0.15) is 0 Å². The zero-order valence-corrected chi connectivity index (χ0v) is 23.8. The van der Waals surface area contributed by atoms with Crippen LogP contribution in [0, 0.1) is 11.8 Å². The molecule has 3 aromatic carbocycles. The lowest BCUT2D eigenvalue weighted by Crippen LogP contribution is -2.39. The Hall–Kier alpha value is -4.26. The van der Waals surface area contributed by atoms with Crippen molar-refractivity contribution in [2.45, 2.75) is 58.4 Å². The van der Waals surface area contributed by atoms with Gasteiger partial charge in [0.2, 0.25) is 5.91 Å². The van der Waals surface area contributed by atoms with Crippen LogP contribution in [-0.4, -0.2) is 41.4 Å². The molecule has 2 N–H and O–H groups in total. The van der Waals surface area contributed by atoms with Crippen LogP contribution >= 0.6 is 0 Å². The highest BCUT2D eigenvalue weighted by Gasteiger charge is 2.24. The third-order valence-electron chi connectivity index (χ3n) is 7.01. The predicted octanol–water partition coefficient (Wildman–Crippen LogP) is 5.65. The van der Waals surface area contributed by atoms with E-state index in [1.54, 1.807) is 13.8 Å². The lowest BCUT2D eigenvalue weighted by atomic mass is 9.93. The second-order valence-electron chi connectivity index (χ2n) is 10.4. The summed E-state index contributed by atoms with van der Waals surface area (Å²) < 4.78 is 5.16. The van der Waals surface area contributed by atoms with Crippen molar-refractivity contribution in [2.24, 2.45) is 11.8 Å². The molecule has 0 fully saturated rings. The molecule has 3 rings (SSSR count). The van der Waals surface area contributed by atoms with E-state index < -0.39 is 17.8 Å². The van der Waals surface area contributed by atoms with Crippen molar-refractivity contribution in [1.82, 2.24) is 5.32 Å². The molecule has 0 aliphatic heterocycles. The largest absolute Gasteiger partial charge is 0.481 e. The number of hydrogen-bond donors (Lipinski definition) is 2. The molecule has 7 heteroatoms. The number of ketones is 1. The van der Waals surface area contributed by atoms with Crippen molar-refractivity contribution in [3.05, 3.63) is 96.1 Å². The summed E-state index contributed by atoms with van der Waals surface area (Å²) in [5.74, 6) is -3.19. The summed E-state index contributed by atoms with van der Waals surface area (Å²) in [4.78, 5) is 49.5. The van der Waals surface area contributed by atoms with Crippen molar-refractivity contribution < 1.29 is 29.0 Å². The van der Waals surface area contributed by atoms with Crippen LogP contribution in [0.15, 0.2) is 84.9 Å². The predicted molar refractivity (Wildman–Crippen MR) is 158 cm³/mol. The first-order chi connectivity index (χ1) is 19.7. The van der Waals surface area contributed by atoms with Crippen LogP contribution in [0.25, 0.3) is 11.1 Å². The van der Waals surface area contributed by atoms with Crippen molar-refractivity contribution in [1.29, 1.82) is 0 Å². The van der Waals surface area contributed by atoms with Gasteiger partial charge in [0, 0.05) is 25.3 Å². The minimum atomic E-state index is -1.03. The number of rotatable bonds is 16. The summed E-state index contributed by atoms with van der Waals surface area (Å²) in [6.45, 7) is 3.81. The number of Topliss-reactive ketones (excluding diaryl/α,β-unsaturated/α-hetero) is 1. The second-order valence-corrected chi connectivity index (χ2v) is 10.4. The highest BCUT2D eigenvalue weighted by Crippen LogP contribution is 2.21. The van der Waals surface area contributed by atoms with Gasteiger partial charge >= 0.3 is 11.9 Å². The van der Waals surface area contributed by atoms with Gasteiger partial charge in [0.15, 0.2) is 0 Å². The maximum atomic E-state index is 12.9. The van der Waals surface area contributed by atoms with E-state index in [9.17, 15) is 24.3 Å². The number of esters is 1. The smallest absolute Gasteiger partial charge is 0.308 e. The summed E-state index contributed by atoms with van der Waals surface area (Å²) in [5.41, 5.74) is 4.05. The normalized spacial score (nSPS) is 13.0. The summed E-state index contributed by atoms with van der Waals surface area (Å²) in [6, 6.07) is 27.0. The highest BCUT2D eigenvalue weighted by atomic mass is 16.5. The topological polar surface area (TPSA) is 110 Å². The average molecular weight is 558 g/mol. The molecular formula is C34H39NO6.